The van der Waals surface area contributed by atoms with E-state index in [1.165, 1.54) is 5.69 Å². The van der Waals surface area contributed by atoms with Crippen molar-refractivity contribution in [2.24, 2.45) is 0 Å². The number of pyridine rings is 3. The molecule has 0 saturated carbocycles. The Bertz CT molecular complexity index is 1260. The fraction of sp³-hybridized carbons (Fsp3) is 0.261. The highest BCUT2D eigenvalue weighted by atomic mass is 16.2. The molecule has 156 valence electrons. The van der Waals surface area contributed by atoms with Gasteiger partial charge in [-0.25, -0.2) is 9.97 Å². The quantitative estimate of drug-likeness (QED) is 0.541. The van der Waals surface area contributed by atoms with E-state index in [-0.39, 0.29) is 5.91 Å². The summed E-state index contributed by atoms with van der Waals surface area (Å²) in [4.78, 5) is 27.4. The van der Waals surface area contributed by atoms with Crippen molar-refractivity contribution in [2.75, 3.05) is 26.0 Å². The summed E-state index contributed by atoms with van der Waals surface area (Å²) in [6.45, 7) is 1.23. The van der Waals surface area contributed by atoms with Crippen molar-refractivity contribution >= 4 is 22.8 Å². The van der Waals surface area contributed by atoms with Gasteiger partial charge in [-0.1, -0.05) is 6.07 Å². The summed E-state index contributed by atoms with van der Waals surface area (Å²) in [6.07, 6.45) is 5.71. The zero-order valence-corrected chi connectivity index (χ0v) is 17.5. The van der Waals surface area contributed by atoms with E-state index >= 15 is 0 Å². The highest BCUT2D eigenvalue weighted by Crippen LogP contribution is 2.37. The molecule has 0 fully saturated rings. The smallest absolute Gasteiger partial charge is 0.239 e. The SMILES string of the molecule is CN(C)CC(=O)Nc1ccc2cc(-c3c(-c4ccccn4)nn4c3CCC4)cnc2n1. The van der Waals surface area contributed by atoms with Crippen LogP contribution in [0.3, 0.4) is 0 Å². The third kappa shape index (κ3) is 3.77. The number of fused-ring (bicyclic) bond motifs is 2. The molecule has 0 saturated heterocycles. The second-order valence-electron chi connectivity index (χ2n) is 7.97. The fourth-order valence-electron chi connectivity index (χ4n) is 4.00. The number of nitrogens with one attached hydrogen (secondary N) is 1. The minimum Gasteiger partial charge on any atom is -0.310 e. The molecule has 1 aliphatic heterocycles. The Morgan fingerprint density at radius 3 is 2.90 bits per heavy atom. The molecule has 0 aromatic carbocycles. The van der Waals surface area contributed by atoms with Crippen molar-refractivity contribution in [1.29, 1.82) is 0 Å². The van der Waals surface area contributed by atoms with Crippen LogP contribution in [-0.2, 0) is 17.8 Å². The van der Waals surface area contributed by atoms with E-state index in [1.807, 2.05) is 55.5 Å². The standard InChI is InChI=1S/C23H23N7O/c1-29(2)14-20(31)26-19-9-8-15-12-16(13-25-23(15)27-19)21-18-7-5-11-30(18)28-22(21)17-6-3-4-10-24-17/h3-4,6,8-10,12-13H,5,7,11,14H2,1-2H3,(H,25,26,27,31). The van der Waals surface area contributed by atoms with Gasteiger partial charge < -0.3 is 10.2 Å². The molecule has 1 aliphatic rings. The lowest BCUT2D eigenvalue weighted by atomic mass is 10.0. The van der Waals surface area contributed by atoms with Crippen LogP contribution in [0.25, 0.3) is 33.5 Å². The number of hydrogen-bond acceptors (Lipinski definition) is 6. The number of likely N-dealkylation sites (N-methyl/N-ethyl adjacent to an activating group) is 1. The molecule has 0 atom stereocenters. The molecule has 0 radical (unpaired) electrons. The van der Waals surface area contributed by atoms with Crippen LogP contribution in [0.15, 0.2) is 48.8 Å². The lowest BCUT2D eigenvalue weighted by Crippen LogP contribution is -2.27. The molecule has 4 aromatic heterocycles. The van der Waals surface area contributed by atoms with Crippen molar-refractivity contribution in [1.82, 2.24) is 29.6 Å². The number of aromatic nitrogens is 5. The zero-order valence-electron chi connectivity index (χ0n) is 17.5. The van der Waals surface area contributed by atoms with E-state index in [0.717, 1.165) is 47.3 Å². The lowest BCUT2D eigenvalue weighted by Gasteiger charge is -2.10. The van der Waals surface area contributed by atoms with Crippen molar-refractivity contribution in [3.8, 4) is 22.5 Å². The Morgan fingerprint density at radius 2 is 2.10 bits per heavy atom. The molecule has 1 N–H and O–H groups in total. The summed E-state index contributed by atoms with van der Waals surface area (Å²) in [6, 6.07) is 11.7. The van der Waals surface area contributed by atoms with Gasteiger partial charge in [0.25, 0.3) is 0 Å². The molecule has 0 unspecified atom stereocenters. The Morgan fingerprint density at radius 1 is 1.19 bits per heavy atom. The number of hydrogen-bond donors (Lipinski definition) is 1. The van der Waals surface area contributed by atoms with Gasteiger partial charge >= 0.3 is 0 Å². The van der Waals surface area contributed by atoms with Crippen LogP contribution in [0.1, 0.15) is 12.1 Å². The Balaban J connectivity index is 1.53. The first kappa shape index (κ1) is 19.3. The van der Waals surface area contributed by atoms with Crippen LogP contribution in [0.2, 0.25) is 0 Å². The predicted octanol–water partition coefficient (Wildman–Crippen LogP) is 3.00. The molecule has 0 spiro atoms. The normalized spacial score (nSPS) is 13.0. The van der Waals surface area contributed by atoms with Crippen LogP contribution in [0.5, 0.6) is 0 Å². The molecule has 0 bridgehead atoms. The summed E-state index contributed by atoms with van der Waals surface area (Å²) in [5, 5.41) is 8.58. The maximum Gasteiger partial charge on any atom is 0.239 e. The molecule has 5 heterocycles. The summed E-state index contributed by atoms with van der Waals surface area (Å²) in [7, 11) is 3.70. The topological polar surface area (TPSA) is 88.8 Å². The molecular formula is C23H23N7O. The van der Waals surface area contributed by atoms with Gasteiger partial charge in [0.15, 0.2) is 5.65 Å². The summed E-state index contributed by atoms with van der Waals surface area (Å²) >= 11 is 0. The van der Waals surface area contributed by atoms with Crippen molar-refractivity contribution in [3.63, 3.8) is 0 Å². The second-order valence-corrected chi connectivity index (χ2v) is 7.97. The molecule has 8 heteroatoms. The monoisotopic (exact) mass is 413 g/mol. The largest absolute Gasteiger partial charge is 0.310 e. The number of carbonyl (C=O) groups is 1. The first-order chi connectivity index (χ1) is 15.1. The third-order valence-corrected chi connectivity index (χ3v) is 5.31. The van der Waals surface area contributed by atoms with Crippen LogP contribution in [0.4, 0.5) is 5.82 Å². The Kier molecular flexibility index (Phi) is 4.91. The Labute approximate surface area is 180 Å². The van der Waals surface area contributed by atoms with Gasteiger partial charge in [0.2, 0.25) is 5.91 Å². The first-order valence-corrected chi connectivity index (χ1v) is 10.3. The average Bonchev–Trinajstić information content (AvgIpc) is 3.35. The second kappa shape index (κ2) is 7.88. The number of anilines is 1. The number of rotatable bonds is 5. The minimum atomic E-state index is -0.107. The predicted molar refractivity (Wildman–Crippen MR) is 119 cm³/mol. The van der Waals surface area contributed by atoms with E-state index < -0.39 is 0 Å². The van der Waals surface area contributed by atoms with E-state index in [9.17, 15) is 4.79 Å². The van der Waals surface area contributed by atoms with E-state index in [2.05, 4.69) is 31.0 Å². The van der Waals surface area contributed by atoms with Crippen LogP contribution < -0.4 is 5.32 Å². The maximum absolute atomic E-state index is 12.0. The average molecular weight is 413 g/mol. The van der Waals surface area contributed by atoms with E-state index in [1.54, 1.807) is 6.20 Å². The van der Waals surface area contributed by atoms with Gasteiger partial charge in [-0.05, 0) is 57.3 Å². The van der Waals surface area contributed by atoms with Gasteiger partial charge in [-0.15, -0.1) is 0 Å². The Hall–Kier alpha value is -3.65. The zero-order chi connectivity index (χ0) is 21.4. The molecule has 1 amide bonds. The number of amides is 1. The minimum absolute atomic E-state index is 0.107. The van der Waals surface area contributed by atoms with E-state index in [4.69, 9.17) is 5.10 Å². The highest BCUT2D eigenvalue weighted by molar-refractivity contribution is 5.93. The van der Waals surface area contributed by atoms with Crippen molar-refractivity contribution < 1.29 is 4.79 Å². The maximum atomic E-state index is 12.0. The molecular weight excluding hydrogens is 390 g/mol. The van der Waals surface area contributed by atoms with Gasteiger partial charge in [0.1, 0.15) is 11.5 Å². The van der Waals surface area contributed by atoms with Gasteiger partial charge in [-0.3, -0.25) is 14.5 Å². The summed E-state index contributed by atoms with van der Waals surface area (Å²) in [5.74, 6) is 0.393. The van der Waals surface area contributed by atoms with Crippen molar-refractivity contribution in [2.45, 2.75) is 19.4 Å². The van der Waals surface area contributed by atoms with Gasteiger partial charge in [0.05, 0.1) is 12.2 Å². The molecule has 8 nitrogen and oxygen atoms in total. The molecule has 5 rings (SSSR count). The highest BCUT2D eigenvalue weighted by Gasteiger charge is 2.24. The fourth-order valence-corrected chi connectivity index (χ4v) is 4.00. The first-order valence-electron chi connectivity index (χ1n) is 10.3. The number of aryl methyl sites for hydroxylation is 1. The van der Waals surface area contributed by atoms with Gasteiger partial charge in [-0.2, -0.15) is 5.10 Å². The molecule has 0 aliphatic carbocycles. The number of nitrogens with zero attached hydrogens (tertiary/aromatic N) is 6. The number of carbonyl (C=O) groups excluding carboxylic acids is 1. The van der Waals surface area contributed by atoms with Crippen molar-refractivity contribution in [3.05, 3.63) is 54.5 Å². The molecule has 31 heavy (non-hydrogen) atoms. The molecule has 4 aromatic rings. The van der Waals surface area contributed by atoms with Crippen LogP contribution >= 0.6 is 0 Å². The van der Waals surface area contributed by atoms with Gasteiger partial charge in [0, 0.05) is 41.1 Å². The van der Waals surface area contributed by atoms with Crippen LogP contribution in [0, 0.1) is 0 Å². The van der Waals surface area contributed by atoms with Crippen LogP contribution in [-0.4, -0.2) is 56.2 Å². The summed E-state index contributed by atoms with van der Waals surface area (Å²) in [5.41, 5.74) is 5.65. The summed E-state index contributed by atoms with van der Waals surface area (Å²) < 4.78 is 2.09. The van der Waals surface area contributed by atoms with E-state index in [0.29, 0.717) is 18.0 Å². The third-order valence-electron chi connectivity index (χ3n) is 5.31. The lowest BCUT2D eigenvalue weighted by molar-refractivity contribution is -0.116.